The molecule has 1 rings (SSSR count). The van der Waals surface area contributed by atoms with Crippen molar-refractivity contribution in [2.45, 2.75) is 18.9 Å². The molecule has 5 heteroatoms. The van der Waals surface area contributed by atoms with Crippen LogP contribution in [-0.2, 0) is 12.6 Å². The zero-order valence-corrected chi connectivity index (χ0v) is 10.2. The van der Waals surface area contributed by atoms with Gasteiger partial charge in [-0.15, -0.1) is 0 Å². The van der Waals surface area contributed by atoms with E-state index in [1.165, 1.54) is 0 Å². The number of nitrogens with zero attached hydrogens (tertiary/aromatic N) is 1. The first-order chi connectivity index (χ1) is 4.70. The molecule has 1 aliphatic heterocycles. The Bertz CT molecular complexity index is 137. The van der Waals surface area contributed by atoms with Crippen molar-refractivity contribution in [1.29, 1.82) is 0 Å². The standard InChI is InChI=1S/C6H11NOS2.Na/c8-5-1-3-7(4-2-5)6(9)10;/h5,8H,1-4H2,(H,9,10);/q;+1/p-1. The first-order valence-corrected chi connectivity index (χ1v) is 4.16. The molecule has 0 bridgehead atoms. The Morgan fingerprint density at radius 3 is 2.27 bits per heavy atom. The van der Waals surface area contributed by atoms with E-state index < -0.39 is 0 Å². The zero-order valence-electron chi connectivity index (χ0n) is 6.62. The van der Waals surface area contributed by atoms with Crippen molar-refractivity contribution in [3.05, 3.63) is 0 Å². The quantitative estimate of drug-likeness (QED) is 0.260. The van der Waals surface area contributed by atoms with E-state index in [0.717, 1.165) is 25.9 Å². The van der Waals surface area contributed by atoms with E-state index in [1.807, 2.05) is 4.90 Å². The van der Waals surface area contributed by atoms with Crippen molar-refractivity contribution in [3.8, 4) is 0 Å². The molecule has 0 aromatic rings. The summed E-state index contributed by atoms with van der Waals surface area (Å²) < 4.78 is 0.534. The summed E-state index contributed by atoms with van der Waals surface area (Å²) in [5.41, 5.74) is 0. The van der Waals surface area contributed by atoms with Crippen LogP contribution >= 0.6 is 12.2 Å². The number of likely N-dealkylation sites (tertiary alicyclic amines) is 1. The maximum Gasteiger partial charge on any atom is 1.00 e. The summed E-state index contributed by atoms with van der Waals surface area (Å²) in [7, 11) is 0. The second-order valence-corrected chi connectivity index (χ2v) is 3.52. The molecular weight excluding hydrogens is 189 g/mol. The van der Waals surface area contributed by atoms with Gasteiger partial charge in [-0.1, -0.05) is 4.32 Å². The van der Waals surface area contributed by atoms with Crippen LogP contribution in [0.3, 0.4) is 0 Å². The van der Waals surface area contributed by atoms with Gasteiger partial charge < -0.3 is 34.9 Å². The van der Waals surface area contributed by atoms with Crippen LogP contribution in [-0.4, -0.2) is 33.5 Å². The summed E-state index contributed by atoms with van der Waals surface area (Å²) in [5, 5.41) is 9.10. The van der Waals surface area contributed by atoms with E-state index in [1.54, 1.807) is 0 Å². The minimum absolute atomic E-state index is 0. The van der Waals surface area contributed by atoms with Crippen LogP contribution in [0.1, 0.15) is 12.8 Å². The van der Waals surface area contributed by atoms with Crippen LogP contribution in [0.2, 0.25) is 0 Å². The molecule has 0 aromatic carbocycles. The topological polar surface area (TPSA) is 23.5 Å². The Labute approximate surface area is 100 Å². The van der Waals surface area contributed by atoms with Gasteiger partial charge in [0.25, 0.3) is 0 Å². The van der Waals surface area contributed by atoms with Gasteiger partial charge in [0.15, 0.2) is 0 Å². The van der Waals surface area contributed by atoms with Crippen LogP contribution < -0.4 is 29.6 Å². The fourth-order valence-electron chi connectivity index (χ4n) is 1.05. The van der Waals surface area contributed by atoms with E-state index in [2.05, 4.69) is 0 Å². The van der Waals surface area contributed by atoms with E-state index >= 15 is 0 Å². The van der Waals surface area contributed by atoms with E-state index in [0.29, 0.717) is 4.32 Å². The molecule has 1 aliphatic rings. The molecule has 1 fully saturated rings. The van der Waals surface area contributed by atoms with E-state index in [4.69, 9.17) is 30.0 Å². The predicted octanol–water partition coefficient (Wildman–Crippen LogP) is -2.72. The van der Waals surface area contributed by atoms with Crippen LogP contribution in [0.5, 0.6) is 0 Å². The normalized spacial score (nSPS) is 19.2. The van der Waals surface area contributed by atoms with Gasteiger partial charge in [-0.25, -0.2) is 0 Å². The number of rotatable bonds is 0. The number of piperidine rings is 1. The van der Waals surface area contributed by atoms with Gasteiger partial charge in [-0.05, 0) is 12.8 Å². The number of hydrogen-bond donors (Lipinski definition) is 1. The van der Waals surface area contributed by atoms with Gasteiger partial charge in [0.2, 0.25) is 0 Å². The number of thiocarbonyl (C=S) groups is 1. The Morgan fingerprint density at radius 1 is 1.45 bits per heavy atom. The van der Waals surface area contributed by atoms with Crippen molar-refractivity contribution >= 4 is 29.2 Å². The largest absolute Gasteiger partial charge is 1.00 e. The molecule has 0 unspecified atom stereocenters. The molecule has 0 amide bonds. The Hall–Kier alpha value is 1.07. The molecule has 1 heterocycles. The van der Waals surface area contributed by atoms with Crippen LogP contribution in [0.25, 0.3) is 0 Å². The number of aliphatic hydroxyl groups is 1. The van der Waals surface area contributed by atoms with Crippen molar-refractivity contribution in [1.82, 2.24) is 4.90 Å². The third-order valence-corrected chi connectivity index (χ3v) is 2.24. The molecule has 0 aliphatic carbocycles. The maximum absolute atomic E-state index is 9.10. The zero-order chi connectivity index (χ0) is 7.56. The van der Waals surface area contributed by atoms with Crippen molar-refractivity contribution in [2.75, 3.05) is 13.1 Å². The fourth-order valence-corrected chi connectivity index (χ4v) is 1.41. The van der Waals surface area contributed by atoms with E-state index in [-0.39, 0.29) is 35.7 Å². The first-order valence-electron chi connectivity index (χ1n) is 3.34. The molecule has 58 valence electrons. The van der Waals surface area contributed by atoms with Gasteiger partial charge in [0.05, 0.1) is 6.10 Å². The summed E-state index contributed by atoms with van der Waals surface area (Å²) in [5.74, 6) is 0. The van der Waals surface area contributed by atoms with Crippen molar-refractivity contribution in [2.24, 2.45) is 0 Å². The summed E-state index contributed by atoms with van der Waals surface area (Å²) in [6.45, 7) is 1.65. The van der Waals surface area contributed by atoms with Gasteiger partial charge in [0, 0.05) is 13.1 Å². The van der Waals surface area contributed by atoms with Crippen LogP contribution in [0.15, 0.2) is 0 Å². The average molecular weight is 199 g/mol. The molecule has 0 spiro atoms. The Kier molecular flexibility index (Phi) is 6.22. The second kappa shape index (κ2) is 5.67. The van der Waals surface area contributed by atoms with Gasteiger partial charge in [-0.3, -0.25) is 0 Å². The smallest absolute Gasteiger partial charge is 0.411 e. The molecule has 11 heavy (non-hydrogen) atoms. The van der Waals surface area contributed by atoms with E-state index in [9.17, 15) is 0 Å². The molecule has 0 radical (unpaired) electrons. The molecule has 2 nitrogen and oxygen atoms in total. The third-order valence-electron chi connectivity index (χ3n) is 1.72. The average Bonchev–Trinajstić information content (AvgIpc) is 1.88. The van der Waals surface area contributed by atoms with Crippen LogP contribution in [0.4, 0.5) is 0 Å². The van der Waals surface area contributed by atoms with Crippen molar-refractivity contribution in [3.63, 3.8) is 0 Å². The van der Waals surface area contributed by atoms with Crippen molar-refractivity contribution < 1.29 is 34.7 Å². The van der Waals surface area contributed by atoms with Crippen LogP contribution in [0, 0.1) is 0 Å². The molecule has 0 atom stereocenters. The predicted molar refractivity (Wildman–Crippen MR) is 46.8 cm³/mol. The maximum atomic E-state index is 9.10. The van der Waals surface area contributed by atoms with Gasteiger partial charge in [-0.2, -0.15) is 0 Å². The first kappa shape index (κ1) is 12.1. The second-order valence-electron chi connectivity index (χ2n) is 2.48. The molecule has 1 N–H and O–H groups in total. The monoisotopic (exact) mass is 199 g/mol. The summed E-state index contributed by atoms with van der Waals surface area (Å²) in [6.07, 6.45) is 1.47. The SMILES string of the molecule is OC1CCN(C(=S)[S-])CC1.[Na+]. The summed E-state index contributed by atoms with van der Waals surface area (Å²) in [4.78, 5) is 1.96. The Morgan fingerprint density at radius 2 is 1.91 bits per heavy atom. The van der Waals surface area contributed by atoms with Gasteiger partial charge in [0.1, 0.15) is 0 Å². The molecule has 0 saturated carbocycles. The fraction of sp³-hybridized carbons (Fsp3) is 0.833. The minimum Gasteiger partial charge on any atom is -0.411 e. The molecule has 1 saturated heterocycles. The summed E-state index contributed by atoms with van der Waals surface area (Å²) >= 11 is 9.63. The molecular formula is C6H10NNaOS2. The number of aliphatic hydroxyl groups excluding tert-OH is 1. The minimum atomic E-state index is -0.138. The molecule has 0 aromatic heterocycles. The third kappa shape index (κ3) is 4.01. The number of hydrogen-bond acceptors (Lipinski definition) is 3. The Balaban J connectivity index is 0.000001000. The van der Waals surface area contributed by atoms with Gasteiger partial charge >= 0.3 is 29.6 Å². The summed E-state index contributed by atoms with van der Waals surface area (Å²) in [6, 6.07) is 0.